The highest BCUT2D eigenvalue weighted by Gasteiger charge is 2.46. The van der Waals surface area contributed by atoms with Gasteiger partial charge in [-0.1, -0.05) is 26.0 Å². The van der Waals surface area contributed by atoms with Gasteiger partial charge >= 0.3 is 0 Å². The second-order valence-corrected chi connectivity index (χ2v) is 11.4. The Kier molecular flexibility index (Phi) is 5.69. The Hall–Kier alpha value is -3.95. The van der Waals surface area contributed by atoms with Gasteiger partial charge in [-0.15, -0.1) is 11.3 Å². The lowest BCUT2D eigenvalue weighted by Gasteiger charge is -2.43. The average molecular weight is 500 g/mol. The van der Waals surface area contributed by atoms with E-state index in [1.165, 1.54) is 23.5 Å². The van der Waals surface area contributed by atoms with Crippen LogP contribution in [0.1, 0.15) is 67.0 Å². The average Bonchev–Trinajstić information content (AvgIpc) is 3.20. The number of hydrogen-bond donors (Lipinski definition) is 1. The van der Waals surface area contributed by atoms with E-state index in [9.17, 15) is 25.4 Å². The number of anilines is 1. The zero-order valence-corrected chi connectivity index (χ0v) is 20.9. The molecule has 9 heteroatoms. The van der Waals surface area contributed by atoms with Crippen molar-refractivity contribution >= 4 is 27.8 Å². The number of fused-ring (bicyclic) bond motifs is 1. The van der Waals surface area contributed by atoms with Gasteiger partial charge in [-0.05, 0) is 48.6 Å². The van der Waals surface area contributed by atoms with E-state index in [2.05, 4.69) is 12.1 Å². The second kappa shape index (κ2) is 8.61. The number of benzene rings is 1. The molecule has 36 heavy (non-hydrogen) atoms. The molecular weight excluding hydrogens is 474 g/mol. The summed E-state index contributed by atoms with van der Waals surface area (Å²) in [5, 5.41) is 32.5. The first-order valence-electron chi connectivity index (χ1n) is 11.9. The number of rotatable bonds is 3. The molecule has 0 fully saturated rings. The molecule has 1 aromatic carbocycles. The summed E-state index contributed by atoms with van der Waals surface area (Å²) in [6, 6.07) is 10.6. The molecular formula is C27H25N5O3S. The Morgan fingerprint density at radius 3 is 2.64 bits per heavy atom. The van der Waals surface area contributed by atoms with E-state index in [1.54, 1.807) is 17.0 Å². The van der Waals surface area contributed by atoms with Gasteiger partial charge in [0, 0.05) is 34.7 Å². The molecule has 0 saturated carbocycles. The number of nitrogens with two attached hydrogens (primary N) is 1. The minimum Gasteiger partial charge on any atom is -0.384 e. The highest BCUT2D eigenvalue weighted by Crippen LogP contribution is 2.53. The van der Waals surface area contributed by atoms with Crippen LogP contribution in [0.3, 0.4) is 0 Å². The largest absolute Gasteiger partial charge is 0.384 e. The van der Waals surface area contributed by atoms with Crippen molar-refractivity contribution in [1.29, 1.82) is 10.5 Å². The first-order valence-corrected chi connectivity index (χ1v) is 12.7. The van der Waals surface area contributed by atoms with Gasteiger partial charge in [-0.2, -0.15) is 10.5 Å². The number of nitrogens with zero attached hydrogens (tertiary/aromatic N) is 4. The molecule has 0 amide bonds. The summed E-state index contributed by atoms with van der Waals surface area (Å²) in [6.45, 7) is 4.03. The predicted octanol–water partition coefficient (Wildman–Crippen LogP) is 5.35. The van der Waals surface area contributed by atoms with Crippen molar-refractivity contribution in [3.8, 4) is 12.1 Å². The molecule has 3 aliphatic rings. The van der Waals surface area contributed by atoms with E-state index in [-0.39, 0.29) is 34.7 Å². The Morgan fingerprint density at radius 1 is 1.19 bits per heavy atom. The van der Waals surface area contributed by atoms with Crippen LogP contribution >= 0.6 is 11.3 Å². The third kappa shape index (κ3) is 3.68. The maximum absolute atomic E-state index is 13.7. The lowest BCUT2D eigenvalue weighted by Crippen LogP contribution is -2.42. The topological polar surface area (TPSA) is 137 Å². The zero-order valence-electron chi connectivity index (χ0n) is 20.1. The molecule has 0 saturated heterocycles. The summed E-state index contributed by atoms with van der Waals surface area (Å²) in [5.74, 6) is -0.735. The minimum absolute atomic E-state index is 0.108. The third-order valence-corrected chi connectivity index (χ3v) is 8.54. The number of nitro groups is 1. The number of hydrogen-bond acceptors (Lipinski definition) is 8. The molecule has 2 aromatic rings. The first kappa shape index (κ1) is 23.8. The maximum atomic E-state index is 13.7. The Bertz CT molecular complexity index is 1470. The highest BCUT2D eigenvalue weighted by atomic mass is 32.1. The van der Waals surface area contributed by atoms with Gasteiger partial charge in [0.15, 0.2) is 5.78 Å². The highest BCUT2D eigenvalue weighted by molar-refractivity contribution is 7.16. The molecule has 0 radical (unpaired) electrons. The zero-order chi connectivity index (χ0) is 25.8. The van der Waals surface area contributed by atoms with Gasteiger partial charge in [0.1, 0.15) is 16.9 Å². The predicted molar refractivity (Wildman–Crippen MR) is 136 cm³/mol. The standard InChI is InChI=1S/C27H25N5O3S/c1-27(2)11-20-24(21(33)12-27)23(15-6-5-7-16(10-15)32(34)35)19(14-29)25(30)31(20)26-18(13-28)17-8-3-4-9-22(17)36-26/h5-7,10,23H,3-4,8-9,11-12,30H2,1-2H3/t23-/m1/s1. The number of aryl methyl sites for hydroxylation is 1. The number of Topliss-reactive ketones (excluding diaryl/α,β-unsaturated/α-hetero) is 1. The normalized spacial score (nSPS) is 20.9. The number of allylic oxidation sites excluding steroid dienone is 3. The summed E-state index contributed by atoms with van der Waals surface area (Å²) in [6.07, 6.45) is 4.60. The number of non-ortho nitro benzene ring substituents is 1. The van der Waals surface area contributed by atoms with E-state index in [1.807, 2.05) is 13.8 Å². The fraction of sp³-hybridized carbons (Fsp3) is 0.370. The van der Waals surface area contributed by atoms with Gasteiger partial charge < -0.3 is 5.73 Å². The Morgan fingerprint density at radius 2 is 1.94 bits per heavy atom. The summed E-state index contributed by atoms with van der Waals surface area (Å²) in [7, 11) is 0. The molecule has 5 rings (SSSR count). The Balaban J connectivity index is 1.79. The molecule has 8 nitrogen and oxygen atoms in total. The van der Waals surface area contributed by atoms with Crippen molar-refractivity contribution < 1.29 is 9.72 Å². The fourth-order valence-corrected chi connectivity index (χ4v) is 7.09. The van der Waals surface area contributed by atoms with Crippen molar-refractivity contribution in [2.75, 3.05) is 4.90 Å². The van der Waals surface area contributed by atoms with Crippen LogP contribution in [-0.4, -0.2) is 10.7 Å². The van der Waals surface area contributed by atoms with E-state index in [4.69, 9.17) is 5.73 Å². The summed E-state index contributed by atoms with van der Waals surface area (Å²) >= 11 is 1.51. The monoisotopic (exact) mass is 499 g/mol. The summed E-state index contributed by atoms with van der Waals surface area (Å²) < 4.78 is 0. The molecule has 1 aromatic heterocycles. The summed E-state index contributed by atoms with van der Waals surface area (Å²) in [4.78, 5) is 27.6. The number of thiophene rings is 1. The molecule has 182 valence electrons. The smallest absolute Gasteiger partial charge is 0.269 e. The lowest BCUT2D eigenvalue weighted by molar-refractivity contribution is -0.384. The van der Waals surface area contributed by atoms with Gasteiger partial charge in [0.2, 0.25) is 0 Å². The molecule has 1 atom stereocenters. The van der Waals surface area contributed by atoms with E-state index >= 15 is 0 Å². The van der Waals surface area contributed by atoms with Crippen LogP contribution in [-0.2, 0) is 17.6 Å². The molecule has 2 N–H and O–H groups in total. The van der Waals surface area contributed by atoms with E-state index in [0.717, 1.165) is 36.1 Å². The van der Waals surface area contributed by atoms with Crippen LogP contribution in [0.25, 0.3) is 0 Å². The number of carbonyl (C=O) groups excluding carboxylic acids is 1. The van der Waals surface area contributed by atoms with E-state index in [0.29, 0.717) is 33.8 Å². The summed E-state index contributed by atoms with van der Waals surface area (Å²) in [5.41, 5.74) is 9.62. The quantitative estimate of drug-likeness (QED) is 0.444. The molecule has 0 spiro atoms. The fourth-order valence-electron chi connectivity index (χ4n) is 5.72. The Labute approximate surface area is 213 Å². The maximum Gasteiger partial charge on any atom is 0.269 e. The van der Waals surface area contributed by atoms with Gasteiger partial charge in [0.05, 0.1) is 28.0 Å². The van der Waals surface area contributed by atoms with Crippen LogP contribution in [0.2, 0.25) is 0 Å². The number of nitriles is 2. The van der Waals surface area contributed by atoms with Crippen LogP contribution in [0.15, 0.2) is 46.9 Å². The SMILES string of the molecule is CC1(C)CC(=O)C2=C(C1)N(c1sc3c(c1C#N)CCCC3)C(N)=C(C#N)[C@H]2c1cccc([N+](=O)[O-])c1. The van der Waals surface area contributed by atoms with Crippen LogP contribution < -0.4 is 10.6 Å². The van der Waals surface area contributed by atoms with Crippen molar-refractivity contribution in [1.82, 2.24) is 0 Å². The van der Waals surface area contributed by atoms with Crippen LogP contribution in [0, 0.1) is 38.2 Å². The number of carbonyl (C=O) groups is 1. The van der Waals surface area contributed by atoms with Crippen LogP contribution in [0.5, 0.6) is 0 Å². The van der Waals surface area contributed by atoms with Gasteiger partial charge in [-0.25, -0.2) is 0 Å². The minimum atomic E-state index is -0.801. The van der Waals surface area contributed by atoms with Crippen molar-refractivity contribution in [2.45, 2.75) is 58.3 Å². The molecule has 0 unspecified atom stereocenters. The number of ketones is 1. The number of nitro benzene ring substituents is 1. The van der Waals surface area contributed by atoms with Gasteiger partial charge in [0.25, 0.3) is 5.69 Å². The van der Waals surface area contributed by atoms with E-state index < -0.39 is 10.8 Å². The van der Waals surface area contributed by atoms with Crippen molar-refractivity contribution in [3.05, 3.63) is 78.6 Å². The first-order chi connectivity index (χ1) is 17.2. The molecule has 2 heterocycles. The van der Waals surface area contributed by atoms with Crippen molar-refractivity contribution in [2.24, 2.45) is 11.1 Å². The molecule has 0 bridgehead atoms. The third-order valence-electron chi connectivity index (χ3n) is 7.26. The van der Waals surface area contributed by atoms with Crippen LogP contribution in [0.4, 0.5) is 10.7 Å². The van der Waals surface area contributed by atoms with Crippen molar-refractivity contribution in [3.63, 3.8) is 0 Å². The molecule has 1 aliphatic heterocycles. The second-order valence-electron chi connectivity index (χ2n) is 10.3. The lowest BCUT2D eigenvalue weighted by atomic mass is 9.68. The van der Waals surface area contributed by atoms with Gasteiger partial charge in [-0.3, -0.25) is 19.8 Å². The molecule has 2 aliphatic carbocycles.